The monoisotopic (exact) mass is 313 g/mol. The van der Waals surface area contributed by atoms with E-state index in [2.05, 4.69) is 10.2 Å². The molecule has 19 heavy (non-hydrogen) atoms. The fourth-order valence-electron chi connectivity index (χ4n) is 1.73. The van der Waals surface area contributed by atoms with Crippen molar-refractivity contribution in [3.8, 4) is 0 Å². The summed E-state index contributed by atoms with van der Waals surface area (Å²) >= 11 is 3.00. The number of benzene rings is 1. The Balaban J connectivity index is 1.95. The summed E-state index contributed by atoms with van der Waals surface area (Å²) in [5.74, 6) is 0.637. The highest BCUT2D eigenvalue weighted by atomic mass is 32.2. The molecule has 0 aliphatic rings. The molecule has 0 unspecified atom stereocenters. The summed E-state index contributed by atoms with van der Waals surface area (Å²) in [5.41, 5.74) is 1.06. The van der Waals surface area contributed by atoms with Crippen LogP contribution in [0.2, 0.25) is 0 Å². The number of sulfone groups is 1. The van der Waals surface area contributed by atoms with Crippen LogP contribution in [0.1, 0.15) is 0 Å². The Morgan fingerprint density at radius 3 is 2.89 bits per heavy atom. The van der Waals surface area contributed by atoms with Crippen molar-refractivity contribution < 1.29 is 8.42 Å². The van der Waals surface area contributed by atoms with Gasteiger partial charge in [0.15, 0.2) is 5.16 Å². The number of nitrogens with zero attached hydrogens (tertiary/aromatic N) is 3. The molecule has 3 rings (SSSR count). The van der Waals surface area contributed by atoms with Gasteiger partial charge in [0.25, 0.3) is 0 Å². The van der Waals surface area contributed by atoms with Gasteiger partial charge < -0.3 is 0 Å². The van der Waals surface area contributed by atoms with Gasteiger partial charge in [-0.05, 0) is 12.1 Å². The topological polar surface area (TPSA) is 64.3 Å². The van der Waals surface area contributed by atoms with Crippen LogP contribution in [-0.4, -0.2) is 40.8 Å². The zero-order valence-corrected chi connectivity index (χ0v) is 12.6. The average molecular weight is 313 g/mol. The lowest BCUT2D eigenvalue weighted by Gasteiger charge is -1.98. The molecule has 100 valence electrons. The molecule has 0 fully saturated rings. The number of thiazole rings is 1. The molecule has 0 spiro atoms. The fraction of sp³-hybridized carbons (Fsp3) is 0.273. The predicted octanol–water partition coefficient (Wildman–Crippen LogP) is 2.08. The van der Waals surface area contributed by atoms with Crippen molar-refractivity contribution in [1.82, 2.24) is 14.6 Å². The summed E-state index contributed by atoms with van der Waals surface area (Å²) in [7, 11) is -2.94. The van der Waals surface area contributed by atoms with Crippen molar-refractivity contribution in [3.05, 3.63) is 24.3 Å². The maximum Gasteiger partial charge on any atom is 0.217 e. The van der Waals surface area contributed by atoms with Gasteiger partial charge in [-0.1, -0.05) is 35.2 Å². The molecule has 0 radical (unpaired) electrons. The molecule has 1 aromatic carbocycles. The summed E-state index contributed by atoms with van der Waals surface area (Å²) in [6.45, 7) is 0. The van der Waals surface area contributed by atoms with E-state index in [-0.39, 0.29) is 5.75 Å². The minimum absolute atomic E-state index is 0.147. The van der Waals surface area contributed by atoms with E-state index in [1.54, 1.807) is 11.3 Å². The van der Waals surface area contributed by atoms with Crippen LogP contribution in [0.15, 0.2) is 29.4 Å². The first-order chi connectivity index (χ1) is 9.04. The molecule has 0 aliphatic heterocycles. The Hall–Kier alpha value is -1.12. The zero-order chi connectivity index (χ0) is 13.5. The quantitative estimate of drug-likeness (QED) is 0.690. The maximum absolute atomic E-state index is 11.1. The molecule has 0 saturated heterocycles. The number of hydrogen-bond donors (Lipinski definition) is 0. The molecule has 2 aromatic heterocycles. The van der Waals surface area contributed by atoms with E-state index < -0.39 is 9.84 Å². The van der Waals surface area contributed by atoms with Crippen molar-refractivity contribution >= 4 is 48.1 Å². The number of para-hydroxylation sites is 1. The van der Waals surface area contributed by atoms with E-state index in [4.69, 9.17) is 0 Å². The highest BCUT2D eigenvalue weighted by Gasteiger charge is 2.13. The van der Waals surface area contributed by atoms with Gasteiger partial charge in [0.2, 0.25) is 4.96 Å². The Labute approximate surface area is 118 Å². The van der Waals surface area contributed by atoms with Gasteiger partial charge in [0.1, 0.15) is 9.84 Å². The highest BCUT2D eigenvalue weighted by Crippen LogP contribution is 2.29. The first-order valence-electron chi connectivity index (χ1n) is 5.58. The Bertz CT molecular complexity index is 835. The Morgan fingerprint density at radius 1 is 1.32 bits per heavy atom. The molecule has 0 bridgehead atoms. The summed E-state index contributed by atoms with van der Waals surface area (Å²) in [4.78, 5) is 0.836. The predicted molar refractivity (Wildman–Crippen MR) is 78.8 cm³/mol. The third kappa shape index (κ3) is 2.60. The second-order valence-electron chi connectivity index (χ2n) is 4.15. The normalized spacial score (nSPS) is 12.5. The van der Waals surface area contributed by atoms with Crippen molar-refractivity contribution in [1.29, 1.82) is 0 Å². The molecule has 2 heterocycles. The van der Waals surface area contributed by atoms with Gasteiger partial charge in [-0.2, -0.15) is 0 Å². The Kier molecular flexibility index (Phi) is 3.23. The van der Waals surface area contributed by atoms with Crippen molar-refractivity contribution in [2.75, 3.05) is 17.8 Å². The third-order valence-electron chi connectivity index (χ3n) is 2.60. The van der Waals surface area contributed by atoms with Crippen LogP contribution in [0.5, 0.6) is 0 Å². The Morgan fingerprint density at radius 2 is 2.11 bits per heavy atom. The van der Waals surface area contributed by atoms with E-state index in [1.165, 1.54) is 18.0 Å². The molecular weight excluding hydrogens is 302 g/mol. The van der Waals surface area contributed by atoms with Crippen LogP contribution in [0, 0.1) is 0 Å². The summed E-state index contributed by atoms with van der Waals surface area (Å²) in [5, 5.41) is 9.00. The lowest BCUT2D eigenvalue weighted by Crippen LogP contribution is -2.05. The van der Waals surface area contributed by atoms with Gasteiger partial charge in [-0.3, -0.25) is 4.40 Å². The second-order valence-corrected chi connectivity index (χ2v) is 8.48. The average Bonchev–Trinajstić information content (AvgIpc) is 2.87. The fourth-order valence-corrected chi connectivity index (χ4v) is 4.90. The van der Waals surface area contributed by atoms with Crippen LogP contribution in [0.3, 0.4) is 0 Å². The molecule has 3 aromatic rings. The first-order valence-corrected chi connectivity index (χ1v) is 9.44. The zero-order valence-electron chi connectivity index (χ0n) is 10.1. The van der Waals surface area contributed by atoms with Crippen LogP contribution < -0.4 is 0 Å². The molecule has 0 amide bonds. The van der Waals surface area contributed by atoms with E-state index >= 15 is 0 Å². The lowest BCUT2D eigenvalue weighted by molar-refractivity contribution is 0.603. The highest BCUT2D eigenvalue weighted by molar-refractivity contribution is 8.00. The number of thioether (sulfide) groups is 1. The second kappa shape index (κ2) is 4.77. The van der Waals surface area contributed by atoms with Gasteiger partial charge in [0, 0.05) is 12.0 Å². The van der Waals surface area contributed by atoms with Crippen molar-refractivity contribution in [3.63, 3.8) is 0 Å². The minimum atomic E-state index is -2.94. The van der Waals surface area contributed by atoms with Gasteiger partial charge in [-0.15, -0.1) is 10.2 Å². The molecular formula is C11H11N3O2S3. The summed E-state index contributed by atoms with van der Waals surface area (Å²) < 4.78 is 25.4. The van der Waals surface area contributed by atoms with Crippen molar-refractivity contribution in [2.45, 2.75) is 5.16 Å². The maximum atomic E-state index is 11.1. The van der Waals surface area contributed by atoms with Crippen LogP contribution >= 0.6 is 23.1 Å². The summed E-state index contributed by atoms with van der Waals surface area (Å²) in [6.07, 6.45) is 1.24. The van der Waals surface area contributed by atoms with E-state index in [0.717, 1.165) is 20.3 Å². The van der Waals surface area contributed by atoms with Gasteiger partial charge in [0.05, 0.1) is 16.0 Å². The smallest absolute Gasteiger partial charge is 0.217 e. The van der Waals surface area contributed by atoms with Crippen LogP contribution in [0.25, 0.3) is 15.2 Å². The third-order valence-corrected chi connectivity index (χ3v) is 5.74. The van der Waals surface area contributed by atoms with E-state index in [9.17, 15) is 8.42 Å². The molecule has 0 N–H and O–H groups in total. The molecule has 5 nitrogen and oxygen atoms in total. The van der Waals surface area contributed by atoms with E-state index in [0.29, 0.717) is 5.75 Å². The van der Waals surface area contributed by atoms with Crippen LogP contribution in [-0.2, 0) is 9.84 Å². The summed E-state index contributed by atoms with van der Waals surface area (Å²) in [6, 6.07) is 8.02. The number of hydrogen-bond acceptors (Lipinski definition) is 6. The molecule has 0 saturated carbocycles. The van der Waals surface area contributed by atoms with Crippen LogP contribution in [0.4, 0.5) is 0 Å². The van der Waals surface area contributed by atoms with Gasteiger partial charge >= 0.3 is 0 Å². The number of aromatic nitrogens is 3. The molecule has 0 aliphatic carbocycles. The minimum Gasteiger partial charge on any atom is -0.260 e. The number of rotatable bonds is 4. The number of fused-ring (bicyclic) bond motifs is 3. The largest absolute Gasteiger partial charge is 0.260 e. The van der Waals surface area contributed by atoms with E-state index in [1.807, 2.05) is 28.7 Å². The molecule has 0 atom stereocenters. The van der Waals surface area contributed by atoms with Gasteiger partial charge in [-0.25, -0.2) is 8.42 Å². The SMILES string of the molecule is CS(=O)(=O)CCSc1nnc2sc3ccccc3n12. The molecule has 8 heteroatoms. The standard InChI is InChI=1S/C11H11N3O2S3/c1-19(15,16)7-6-17-10-12-13-11-14(10)8-4-2-3-5-9(8)18-11/h2-5H,6-7H2,1H3. The van der Waals surface area contributed by atoms with Crippen molar-refractivity contribution in [2.24, 2.45) is 0 Å². The lowest BCUT2D eigenvalue weighted by atomic mass is 10.3. The first kappa shape index (κ1) is 12.9.